The number of benzene rings is 1. The number of carbonyl (C=O) groups is 2. The summed E-state index contributed by atoms with van der Waals surface area (Å²) in [6.07, 6.45) is 0.0998. The van der Waals surface area contributed by atoms with Crippen LogP contribution < -0.4 is 15.0 Å². The fraction of sp³-hybridized carbons (Fsp3) is 0.400. The molecule has 0 aliphatic heterocycles. The number of hydrogen-bond acceptors (Lipinski definition) is 6. The highest BCUT2D eigenvalue weighted by molar-refractivity contribution is 6.38. The first-order valence-corrected chi connectivity index (χ1v) is 8.29. The third kappa shape index (κ3) is 4.48. The van der Waals surface area contributed by atoms with E-state index in [2.05, 4.69) is 25.6 Å². The Kier molecular flexibility index (Phi) is 6.61. The van der Waals surface area contributed by atoms with Gasteiger partial charge < -0.3 is 9.64 Å². The van der Waals surface area contributed by atoms with E-state index in [1.807, 2.05) is 0 Å². The van der Waals surface area contributed by atoms with Crippen molar-refractivity contribution in [3.05, 3.63) is 22.7 Å². The van der Waals surface area contributed by atoms with E-state index in [0.29, 0.717) is 6.54 Å². The third-order valence-electron chi connectivity index (χ3n) is 3.61. The Morgan fingerprint density at radius 3 is 2.67 bits per heavy atom. The van der Waals surface area contributed by atoms with Gasteiger partial charge in [-0.25, -0.2) is 4.68 Å². The number of aryl methyl sites for hydroxylation is 1. The molecule has 1 aromatic carbocycles. The maximum atomic E-state index is 12.7. The predicted octanol–water partition coefficient (Wildman–Crippen LogP) is 2.57. The zero-order chi connectivity index (χ0) is 20.1. The van der Waals surface area contributed by atoms with Gasteiger partial charge in [-0.15, -0.1) is 0 Å². The van der Waals surface area contributed by atoms with Crippen LogP contribution in [0.4, 0.5) is 20.4 Å². The zero-order valence-corrected chi connectivity index (χ0v) is 15.5. The summed E-state index contributed by atoms with van der Waals surface area (Å²) < 4.78 is 31.2. The smallest absolute Gasteiger partial charge is 0.387 e. The molecule has 0 unspecified atom stereocenters. The number of ether oxygens (including phenoxy) is 1. The van der Waals surface area contributed by atoms with Crippen LogP contribution in [0.5, 0.6) is 5.75 Å². The second kappa shape index (κ2) is 8.71. The summed E-state index contributed by atoms with van der Waals surface area (Å²) in [6, 6.07) is 2.35. The molecule has 1 N–H and O–H groups in total. The minimum absolute atomic E-state index is 0.0605. The fourth-order valence-electron chi connectivity index (χ4n) is 2.26. The summed E-state index contributed by atoms with van der Waals surface area (Å²) in [6.45, 7) is 0.662. The number of hydrogen-bond donors (Lipinski definition) is 1. The zero-order valence-electron chi connectivity index (χ0n) is 14.7. The summed E-state index contributed by atoms with van der Waals surface area (Å²) >= 11 is 6.26. The third-order valence-corrected chi connectivity index (χ3v) is 3.99. The molecule has 2 amide bonds. The summed E-state index contributed by atoms with van der Waals surface area (Å²) in [5.74, 6) is -1.31. The van der Waals surface area contributed by atoms with Crippen LogP contribution >= 0.6 is 11.6 Å². The van der Waals surface area contributed by atoms with E-state index in [-0.39, 0.29) is 34.4 Å². The lowest BCUT2D eigenvalue weighted by Gasteiger charge is -2.22. The second-order valence-corrected chi connectivity index (χ2v) is 5.61. The Bertz CT molecular complexity index is 845. The van der Waals surface area contributed by atoms with Crippen molar-refractivity contribution >= 4 is 35.1 Å². The first-order chi connectivity index (χ1) is 12.8. The van der Waals surface area contributed by atoms with Gasteiger partial charge in [0.15, 0.2) is 5.75 Å². The van der Waals surface area contributed by atoms with Crippen LogP contribution in [-0.2, 0) is 11.3 Å². The molecule has 146 valence electrons. The topological polar surface area (TPSA) is 102 Å². The lowest BCUT2D eigenvalue weighted by molar-refractivity contribution is -0.118. The number of carbonyl (C=O) groups excluding carboxylic acids is 2. The maximum Gasteiger partial charge on any atom is 0.387 e. The van der Waals surface area contributed by atoms with Crippen LogP contribution in [-0.4, -0.2) is 45.7 Å². The van der Waals surface area contributed by atoms with E-state index in [1.165, 1.54) is 17.8 Å². The standard InChI is InChI=1S/C15H17ClF2N6O3/c1-4-10(25)23(3)12-9(27-14(17)18)7-6-8(11(12)16)13(26)19-15-20-21-22-24(15)5-2/h6-7,14H,4-5H2,1-3H3,(H,19,20,22,26). The summed E-state index contributed by atoms with van der Waals surface area (Å²) in [5, 5.41) is 13.1. The Morgan fingerprint density at radius 2 is 2.07 bits per heavy atom. The molecule has 27 heavy (non-hydrogen) atoms. The molecule has 2 rings (SSSR count). The molecule has 0 aliphatic rings. The van der Waals surface area contributed by atoms with Crippen molar-refractivity contribution in [2.24, 2.45) is 0 Å². The van der Waals surface area contributed by atoms with E-state index in [9.17, 15) is 18.4 Å². The number of tetrazole rings is 1. The number of alkyl halides is 2. The predicted molar refractivity (Wildman–Crippen MR) is 93.2 cm³/mol. The average Bonchev–Trinajstić information content (AvgIpc) is 3.07. The largest absolute Gasteiger partial charge is 0.433 e. The van der Waals surface area contributed by atoms with Crippen molar-refractivity contribution in [3.63, 3.8) is 0 Å². The van der Waals surface area contributed by atoms with Crippen LogP contribution in [0.15, 0.2) is 12.1 Å². The summed E-state index contributed by atoms with van der Waals surface area (Å²) in [7, 11) is 1.35. The van der Waals surface area contributed by atoms with Gasteiger partial charge >= 0.3 is 6.61 Å². The van der Waals surface area contributed by atoms with Crippen molar-refractivity contribution < 1.29 is 23.1 Å². The minimum atomic E-state index is -3.13. The lowest BCUT2D eigenvalue weighted by Crippen LogP contribution is -2.27. The van der Waals surface area contributed by atoms with Gasteiger partial charge in [-0.3, -0.25) is 14.9 Å². The van der Waals surface area contributed by atoms with Crippen LogP contribution in [0.2, 0.25) is 5.02 Å². The molecule has 0 spiro atoms. The molecule has 0 aliphatic carbocycles. The van der Waals surface area contributed by atoms with Crippen LogP contribution in [0.1, 0.15) is 30.6 Å². The van der Waals surface area contributed by atoms with Gasteiger partial charge in [-0.05, 0) is 29.5 Å². The first-order valence-electron chi connectivity index (χ1n) is 7.91. The molecule has 1 heterocycles. The van der Waals surface area contributed by atoms with Crippen LogP contribution in [0.25, 0.3) is 0 Å². The second-order valence-electron chi connectivity index (χ2n) is 5.23. The molecule has 2 aromatic rings. The Labute approximate surface area is 158 Å². The molecule has 9 nitrogen and oxygen atoms in total. The van der Waals surface area contributed by atoms with Crippen molar-refractivity contribution in [2.75, 3.05) is 17.3 Å². The van der Waals surface area contributed by atoms with E-state index in [4.69, 9.17) is 11.6 Å². The number of aromatic nitrogens is 4. The van der Waals surface area contributed by atoms with Gasteiger partial charge in [0.2, 0.25) is 11.9 Å². The first kappa shape index (κ1) is 20.5. The van der Waals surface area contributed by atoms with E-state index in [1.54, 1.807) is 13.8 Å². The number of rotatable bonds is 7. The molecule has 0 fully saturated rings. The molecular weight excluding hydrogens is 386 g/mol. The Morgan fingerprint density at radius 1 is 1.37 bits per heavy atom. The number of nitrogens with one attached hydrogen (secondary N) is 1. The van der Waals surface area contributed by atoms with Crippen LogP contribution in [0, 0.1) is 0 Å². The number of halogens is 3. The molecule has 0 saturated carbocycles. The molecule has 0 saturated heterocycles. The number of nitrogens with zero attached hydrogens (tertiary/aromatic N) is 5. The van der Waals surface area contributed by atoms with Gasteiger partial charge in [0.25, 0.3) is 5.91 Å². The highest BCUT2D eigenvalue weighted by Gasteiger charge is 2.25. The fourth-order valence-corrected chi connectivity index (χ4v) is 2.63. The normalized spacial score (nSPS) is 10.8. The van der Waals surface area contributed by atoms with E-state index in [0.717, 1.165) is 11.0 Å². The maximum absolute atomic E-state index is 12.7. The van der Waals surface area contributed by atoms with Crippen molar-refractivity contribution in [1.82, 2.24) is 20.2 Å². The SMILES string of the molecule is CCC(=O)N(C)c1c(OC(F)F)ccc(C(=O)Nc2nnnn2CC)c1Cl. The molecule has 1 aromatic heterocycles. The molecule has 0 bridgehead atoms. The molecule has 0 atom stereocenters. The molecule has 12 heteroatoms. The van der Waals surface area contributed by atoms with E-state index < -0.39 is 18.4 Å². The number of amides is 2. The van der Waals surface area contributed by atoms with Gasteiger partial charge in [-0.1, -0.05) is 23.6 Å². The van der Waals surface area contributed by atoms with Gasteiger partial charge in [0.1, 0.15) is 5.69 Å². The Hall–Kier alpha value is -2.82. The van der Waals surface area contributed by atoms with Gasteiger partial charge in [-0.2, -0.15) is 8.78 Å². The van der Waals surface area contributed by atoms with Crippen LogP contribution in [0.3, 0.4) is 0 Å². The quantitative estimate of drug-likeness (QED) is 0.763. The van der Waals surface area contributed by atoms with Crippen molar-refractivity contribution in [2.45, 2.75) is 33.4 Å². The number of anilines is 2. The molecular formula is C15H17ClF2N6O3. The Balaban J connectivity index is 2.45. The summed E-state index contributed by atoms with van der Waals surface area (Å²) in [4.78, 5) is 25.6. The highest BCUT2D eigenvalue weighted by Crippen LogP contribution is 2.39. The lowest BCUT2D eigenvalue weighted by atomic mass is 10.1. The minimum Gasteiger partial charge on any atom is -0.433 e. The molecule has 0 radical (unpaired) electrons. The van der Waals surface area contributed by atoms with E-state index >= 15 is 0 Å². The summed E-state index contributed by atoms with van der Waals surface area (Å²) in [5.41, 5.74) is -0.193. The van der Waals surface area contributed by atoms with Crippen molar-refractivity contribution in [3.8, 4) is 5.75 Å². The van der Waals surface area contributed by atoms with Gasteiger partial charge in [0.05, 0.1) is 10.6 Å². The average molecular weight is 403 g/mol. The monoisotopic (exact) mass is 402 g/mol. The van der Waals surface area contributed by atoms with Gasteiger partial charge in [0, 0.05) is 20.0 Å². The highest BCUT2D eigenvalue weighted by atomic mass is 35.5. The van der Waals surface area contributed by atoms with Crippen molar-refractivity contribution in [1.29, 1.82) is 0 Å².